The first-order valence-corrected chi connectivity index (χ1v) is 10.1. The molecular weight excluding hydrogens is 368 g/mol. The highest BCUT2D eigenvalue weighted by Crippen LogP contribution is 2.28. The maximum atomic E-state index is 12.5. The number of morpholine rings is 1. The van der Waals surface area contributed by atoms with Gasteiger partial charge in [0.25, 0.3) is 10.0 Å². The lowest BCUT2D eigenvalue weighted by atomic mass is 10.1. The molecule has 0 bridgehead atoms. The van der Waals surface area contributed by atoms with Gasteiger partial charge in [0.2, 0.25) is 0 Å². The van der Waals surface area contributed by atoms with Crippen molar-refractivity contribution in [3.8, 4) is 0 Å². The van der Waals surface area contributed by atoms with Crippen LogP contribution in [0.15, 0.2) is 53.4 Å². The maximum Gasteiger partial charge on any atom is 0.337 e. The smallest absolute Gasteiger partial charge is 0.337 e. The number of carbonyl (C=O) groups is 1. The van der Waals surface area contributed by atoms with Crippen molar-refractivity contribution in [2.75, 3.05) is 22.7 Å². The lowest BCUT2D eigenvalue weighted by Crippen LogP contribution is -2.46. The molecular formula is C19H22N2O5S. The Labute approximate surface area is 158 Å². The predicted octanol–water partition coefficient (Wildman–Crippen LogP) is 2.80. The highest BCUT2D eigenvalue weighted by Gasteiger charge is 2.26. The number of rotatable bonds is 5. The number of aromatic carboxylic acids is 1. The number of carboxylic acid groups (broad SMARTS) is 1. The summed E-state index contributed by atoms with van der Waals surface area (Å²) in [4.78, 5) is 13.8. The average molecular weight is 390 g/mol. The van der Waals surface area contributed by atoms with Gasteiger partial charge >= 0.3 is 5.97 Å². The largest absolute Gasteiger partial charge is 0.478 e. The van der Waals surface area contributed by atoms with Crippen LogP contribution in [0, 0.1) is 0 Å². The molecule has 1 aliphatic heterocycles. The van der Waals surface area contributed by atoms with E-state index in [1.807, 2.05) is 18.7 Å². The fourth-order valence-corrected chi connectivity index (χ4v) is 4.31. The quantitative estimate of drug-likeness (QED) is 0.815. The monoisotopic (exact) mass is 390 g/mol. The number of anilines is 2. The van der Waals surface area contributed by atoms with Gasteiger partial charge in [-0.15, -0.1) is 0 Å². The van der Waals surface area contributed by atoms with Crippen LogP contribution < -0.4 is 9.62 Å². The average Bonchev–Trinajstić information content (AvgIpc) is 2.61. The molecule has 1 saturated heterocycles. The fraction of sp³-hybridized carbons (Fsp3) is 0.316. The van der Waals surface area contributed by atoms with Crippen LogP contribution in [0.25, 0.3) is 0 Å². The second kappa shape index (κ2) is 7.58. The lowest BCUT2D eigenvalue weighted by Gasteiger charge is -2.37. The molecule has 7 nitrogen and oxygen atoms in total. The Morgan fingerprint density at radius 1 is 1.11 bits per heavy atom. The van der Waals surface area contributed by atoms with Crippen LogP contribution in [0.2, 0.25) is 0 Å². The van der Waals surface area contributed by atoms with E-state index < -0.39 is 16.0 Å². The Morgan fingerprint density at radius 3 is 2.33 bits per heavy atom. The summed E-state index contributed by atoms with van der Waals surface area (Å²) in [6.45, 7) is 5.01. The molecule has 1 fully saturated rings. The molecule has 0 spiro atoms. The Morgan fingerprint density at radius 2 is 1.74 bits per heavy atom. The standard InChI is InChI=1S/C19H22N2O5S/c1-13-11-21(12-14(2)26-13)18-9-8-15(10-17(18)19(22)23)20-27(24,25)16-6-4-3-5-7-16/h3-10,13-14,20H,11-12H2,1-2H3,(H,22,23)/t13-,14+. The Kier molecular flexibility index (Phi) is 5.38. The summed E-state index contributed by atoms with van der Waals surface area (Å²) in [6, 6.07) is 12.5. The van der Waals surface area contributed by atoms with Gasteiger partial charge in [0.05, 0.1) is 28.4 Å². The number of ether oxygens (including phenoxy) is 1. The van der Waals surface area contributed by atoms with Crippen LogP contribution in [-0.4, -0.2) is 44.8 Å². The van der Waals surface area contributed by atoms with Crippen molar-refractivity contribution in [2.24, 2.45) is 0 Å². The van der Waals surface area contributed by atoms with Gasteiger partial charge in [0.15, 0.2) is 0 Å². The Bertz CT molecular complexity index is 920. The molecule has 2 atom stereocenters. The molecule has 27 heavy (non-hydrogen) atoms. The highest BCUT2D eigenvalue weighted by molar-refractivity contribution is 7.92. The van der Waals surface area contributed by atoms with E-state index in [4.69, 9.17) is 4.74 Å². The van der Waals surface area contributed by atoms with Crippen molar-refractivity contribution in [3.63, 3.8) is 0 Å². The zero-order valence-corrected chi connectivity index (χ0v) is 15.9. The number of benzene rings is 2. The van der Waals surface area contributed by atoms with Gasteiger partial charge in [-0.25, -0.2) is 13.2 Å². The fourth-order valence-electron chi connectivity index (χ4n) is 3.23. The van der Waals surface area contributed by atoms with Gasteiger partial charge < -0.3 is 14.7 Å². The van der Waals surface area contributed by atoms with Gasteiger partial charge in [-0.05, 0) is 44.2 Å². The van der Waals surface area contributed by atoms with Gasteiger partial charge in [0, 0.05) is 18.8 Å². The molecule has 0 aliphatic carbocycles. The van der Waals surface area contributed by atoms with E-state index in [9.17, 15) is 18.3 Å². The molecule has 0 unspecified atom stereocenters. The molecule has 3 rings (SSSR count). The third kappa shape index (κ3) is 4.40. The van der Waals surface area contributed by atoms with Crippen LogP contribution in [-0.2, 0) is 14.8 Å². The molecule has 0 radical (unpaired) electrons. The van der Waals surface area contributed by atoms with Gasteiger partial charge in [0.1, 0.15) is 0 Å². The molecule has 1 heterocycles. The van der Waals surface area contributed by atoms with Crippen molar-refractivity contribution in [2.45, 2.75) is 31.0 Å². The zero-order valence-electron chi connectivity index (χ0n) is 15.1. The van der Waals surface area contributed by atoms with E-state index in [1.165, 1.54) is 18.2 Å². The summed E-state index contributed by atoms with van der Waals surface area (Å²) in [5.41, 5.74) is 0.797. The predicted molar refractivity (Wildman–Crippen MR) is 103 cm³/mol. The molecule has 0 aromatic heterocycles. The highest BCUT2D eigenvalue weighted by atomic mass is 32.2. The molecule has 8 heteroatoms. The first kappa shape index (κ1) is 19.2. The summed E-state index contributed by atoms with van der Waals surface area (Å²) >= 11 is 0. The van der Waals surface area contributed by atoms with Crippen LogP contribution >= 0.6 is 0 Å². The number of nitrogens with one attached hydrogen (secondary N) is 1. The van der Waals surface area contributed by atoms with E-state index in [0.717, 1.165) is 0 Å². The van der Waals surface area contributed by atoms with E-state index >= 15 is 0 Å². The molecule has 1 aliphatic rings. The second-order valence-corrected chi connectivity index (χ2v) is 8.30. The van der Waals surface area contributed by atoms with Crippen LogP contribution in [0.1, 0.15) is 24.2 Å². The minimum absolute atomic E-state index is 0.0216. The minimum Gasteiger partial charge on any atom is -0.478 e. The first-order valence-electron chi connectivity index (χ1n) is 8.62. The van der Waals surface area contributed by atoms with Gasteiger partial charge in [-0.1, -0.05) is 18.2 Å². The van der Waals surface area contributed by atoms with E-state index in [1.54, 1.807) is 30.3 Å². The van der Waals surface area contributed by atoms with Crippen molar-refractivity contribution in [1.29, 1.82) is 0 Å². The van der Waals surface area contributed by atoms with Crippen LogP contribution in [0.4, 0.5) is 11.4 Å². The molecule has 144 valence electrons. The van der Waals surface area contributed by atoms with Crippen LogP contribution in [0.3, 0.4) is 0 Å². The number of hydrogen-bond donors (Lipinski definition) is 2. The second-order valence-electron chi connectivity index (χ2n) is 6.62. The minimum atomic E-state index is -3.79. The van der Waals surface area contributed by atoms with Crippen molar-refractivity contribution >= 4 is 27.4 Å². The van der Waals surface area contributed by atoms with Crippen molar-refractivity contribution in [1.82, 2.24) is 0 Å². The number of nitrogens with zero attached hydrogens (tertiary/aromatic N) is 1. The molecule has 2 N–H and O–H groups in total. The van der Waals surface area contributed by atoms with E-state index in [-0.39, 0.29) is 28.4 Å². The third-order valence-electron chi connectivity index (χ3n) is 4.29. The molecule has 2 aromatic carbocycles. The number of sulfonamides is 1. The normalized spacial score (nSPS) is 20.3. The van der Waals surface area contributed by atoms with Gasteiger partial charge in [-0.2, -0.15) is 0 Å². The summed E-state index contributed by atoms with van der Waals surface area (Å²) in [5, 5.41) is 9.63. The Balaban J connectivity index is 1.91. The SMILES string of the molecule is C[C@@H]1CN(c2ccc(NS(=O)(=O)c3ccccc3)cc2C(=O)O)C[C@H](C)O1. The lowest BCUT2D eigenvalue weighted by molar-refractivity contribution is -0.00531. The molecule has 2 aromatic rings. The summed E-state index contributed by atoms with van der Waals surface area (Å²) in [6.07, 6.45) is -0.0432. The van der Waals surface area contributed by atoms with Crippen molar-refractivity contribution < 1.29 is 23.1 Å². The first-order chi connectivity index (χ1) is 12.8. The van der Waals surface area contributed by atoms with E-state index in [2.05, 4.69) is 4.72 Å². The number of carboxylic acids is 1. The van der Waals surface area contributed by atoms with Crippen LogP contribution in [0.5, 0.6) is 0 Å². The van der Waals surface area contributed by atoms with E-state index in [0.29, 0.717) is 18.8 Å². The Hall–Kier alpha value is -2.58. The third-order valence-corrected chi connectivity index (χ3v) is 5.69. The summed E-state index contributed by atoms with van der Waals surface area (Å²) in [5.74, 6) is -1.11. The molecule has 0 amide bonds. The van der Waals surface area contributed by atoms with Crippen molar-refractivity contribution in [3.05, 3.63) is 54.1 Å². The summed E-state index contributed by atoms with van der Waals surface area (Å²) in [7, 11) is -3.79. The zero-order chi connectivity index (χ0) is 19.6. The summed E-state index contributed by atoms with van der Waals surface area (Å²) < 4.78 is 33.1. The maximum absolute atomic E-state index is 12.5. The topological polar surface area (TPSA) is 95.9 Å². The number of hydrogen-bond acceptors (Lipinski definition) is 5. The van der Waals surface area contributed by atoms with Gasteiger partial charge in [-0.3, -0.25) is 4.72 Å². The molecule has 0 saturated carbocycles.